The average molecular weight is 367 g/mol. The first-order valence-corrected chi connectivity index (χ1v) is 9.13. The number of benzene rings is 2. The molecule has 2 aromatic rings. The Morgan fingerprint density at radius 2 is 1.85 bits per heavy atom. The van der Waals surface area contributed by atoms with Crippen LogP contribution in [0.2, 0.25) is 0 Å². The Morgan fingerprint density at radius 1 is 1.11 bits per heavy atom. The minimum Gasteiger partial charge on any atom is -0.497 e. The zero-order chi connectivity index (χ0) is 19.1. The molecule has 1 saturated heterocycles. The molecular formula is C21H25N3O3. The molecule has 0 radical (unpaired) electrons. The van der Waals surface area contributed by atoms with Gasteiger partial charge in [-0.05, 0) is 29.7 Å². The van der Waals surface area contributed by atoms with E-state index in [4.69, 9.17) is 4.74 Å². The largest absolute Gasteiger partial charge is 0.497 e. The predicted molar refractivity (Wildman–Crippen MR) is 103 cm³/mol. The van der Waals surface area contributed by atoms with Gasteiger partial charge in [0.15, 0.2) is 0 Å². The first kappa shape index (κ1) is 18.8. The summed E-state index contributed by atoms with van der Waals surface area (Å²) >= 11 is 0. The van der Waals surface area contributed by atoms with Gasteiger partial charge < -0.3 is 20.3 Å². The van der Waals surface area contributed by atoms with E-state index in [0.29, 0.717) is 26.1 Å². The summed E-state index contributed by atoms with van der Waals surface area (Å²) < 4.78 is 5.15. The van der Waals surface area contributed by atoms with Crippen LogP contribution in [0.5, 0.6) is 5.75 Å². The van der Waals surface area contributed by atoms with Gasteiger partial charge in [-0.1, -0.05) is 42.5 Å². The molecule has 1 aliphatic rings. The number of urea groups is 1. The van der Waals surface area contributed by atoms with Crippen molar-refractivity contribution in [3.05, 3.63) is 65.7 Å². The molecule has 2 aromatic carbocycles. The van der Waals surface area contributed by atoms with E-state index in [2.05, 4.69) is 10.6 Å². The van der Waals surface area contributed by atoms with Crippen molar-refractivity contribution >= 4 is 11.9 Å². The fourth-order valence-corrected chi connectivity index (χ4v) is 3.16. The van der Waals surface area contributed by atoms with Crippen LogP contribution < -0.4 is 15.4 Å². The second-order valence-electron chi connectivity index (χ2n) is 6.65. The number of nitrogens with one attached hydrogen (secondary N) is 2. The number of carbonyl (C=O) groups excluding carboxylic acids is 2. The molecule has 0 aliphatic carbocycles. The molecule has 1 unspecified atom stereocenters. The molecule has 1 aliphatic heterocycles. The van der Waals surface area contributed by atoms with E-state index in [0.717, 1.165) is 23.3 Å². The first-order valence-electron chi connectivity index (χ1n) is 9.13. The van der Waals surface area contributed by atoms with E-state index in [1.165, 1.54) is 0 Å². The van der Waals surface area contributed by atoms with Crippen LogP contribution in [0.1, 0.15) is 17.5 Å². The normalized spacial score (nSPS) is 16.3. The van der Waals surface area contributed by atoms with E-state index in [9.17, 15) is 9.59 Å². The maximum Gasteiger partial charge on any atom is 0.315 e. The van der Waals surface area contributed by atoms with Crippen LogP contribution in [0.4, 0.5) is 4.79 Å². The Kier molecular flexibility index (Phi) is 6.30. The molecule has 27 heavy (non-hydrogen) atoms. The number of likely N-dealkylation sites (tertiary alicyclic amines) is 1. The van der Waals surface area contributed by atoms with Crippen LogP contribution in [-0.4, -0.2) is 43.1 Å². The van der Waals surface area contributed by atoms with Crippen molar-refractivity contribution in [2.45, 2.75) is 25.4 Å². The van der Waals surface area contributed by atoms with Crippen molar-refractivity contribution in [2.24, 2.45) is 0 Å². The third-order valence-corrected chi connectivity index (χ3v) is 4.68. The molecule has 1 atom stereocenters. The van der Waals surface area contributed by atoms with Gasteiger partial charge in [0.1, 0.15) is 5.75 Å². The maximum atomic E-state index is 12.2. The molecule has 1 fully saturated rings. The van der Waals surface area contributed by atoms with Gasteiger partial charge in [-0.25, -0.2) is 4.79 Å². The van der Waals surface area contributed by atoms with E-state index < -0.39 is 0 Å². The van der Waals surface area contributed by atoms with E-state index in [1.54, 1.807) is 7.11 Å². The third kappa shape index (κ3) is 5.48. The molecule has 0 aromatic heterocycles. The molecule has 142 valence electrons. The lowest BCUT2D eigenvalue weighted by Crippen LogP contribution is -2.43. The molecule has 2 N–H and O–H groups in total. The van der Waals surface area contributed by atoms with Gasteiger partial charge in [-0.15, -0.1) is 0 Å². The van der Waals surface area contributed by atoms with Gasteiger partial charge in [-0.2, -0.15) is 0 Å². The lowest BCUT2D eigenvalue weighted by molar-refractivity contribution is -0.127. The Labute approximate surface area is 159 Å². The summed E-state index contributed by atoms with van der Waals surface area (Å²) in [5.74, 6) is 0.902. The van der Waals surface area contributed by atoms with Gasteiger partial charge in [0.2, 0.25) is 5.91 Å². The number of rotatable bonds is 7. The average Bonchev–Trinajstić information content (AvgIpc) is 3.05. The minimum atomic E-state index is -0.242. The van der Waals surface area contributed by atoms with E-state index >= 15 is 0 Å². The Morgan fingerprint density at radius 3 is 2.56 bits per heavy atom. The molecule has 6 heteroatoms. The molecule has 6 nitrogen and oxygen atoms in total. The zero-order valence-electron chi connectivity index (χ0n) is 15.5. The molecule has 0 spiro atoms. The van der Waals surface area contributed by atoms with E-state index in [-0.39, 0.29) is 18.0 Å². The van der Waals surface area contributed by atoms with Gasteiger partial charge >= 0.3 is 6.03 Å². The van der Waals surface area contributed by atoms with Gasteiger partial charge in [-0.3, -0.25) is 4.79 Å². The summed E-state index contributed by atoms with van der Waals surface area (Å²) in [7, 11) is 1.64. The summed E-state index contributed by atoms with van der Waals surface area (Å²) in [4.78, 5) is 26.1. The fourth-order valence-electron chi connectivity index (χ4n) is 3.16. The summed E-state index contributed by atoms with van der Waals surface area (Å²) in [5.41, 5.74) is 2.19. The SMILES string of the molecule is COc1ccc(CCN2CC(NC(=O)NCc3ccccc3)CC2=O)cc1. The Balaban J connectivity index is 1.41. The van der Waals surface area contributed by atoms with Crippen LogP contribution in [0, 0.1) is 0 Å². The number of amides is 3. The van der Waals surface area contributed by atoms with Crippen molar-refractivity contribution in [2.75, 3.05) is 20.2 Å². The van der Waals surface area contributed by atoms with Crippen molar-refractivity contribution in [3.8, 4) is 5.75 Å². The smallest absolute Gasteiger partial charge is 0.315 e. The van der Waals surface area contributed by atoms with E-state index in [1.807, 2.05) is 59.5 Å². The topological polar surface area (TPSA) is 70.7 Å². The third-order valence-electron chi connectivity index (χ3n) is 4.68. The lowest BCUT2D eigenvalue weighted by atomic mass is 10.1. The van der Waals surface area contributed by atoms with Crippen LogP contribution in [0.25, 0.3) is 0 Å². The molecule has 3 rings (SSSR count). The maximum absolute atomic E-state index is 12.2. The summed E-state index contributed by atoms with van der Waals surface area (Å²) in [6, 6.07) is 17.2. The van der Waals surface area contributed by atoms with Crippen molar-refractivity contribution in [1.82, 2.24) is 15.5 Å². The number of ether oxygens (including phenoxy) is 1. The minimum absolute atomic E-state index is 0.0804. The highest BCUT2D eigenvalue weighted by Crippen LogP contribution is 2.15. The second kappa shape index (κ2) is 9.07. The Hall–Kier alpha value is -3.02. The zero-order valence-corrected chi connectivity index (χ0v) is 15.5. The number of nitrogens with zero attached hydrogens (tertiary/aromatic N) is 1. The highest BCUT2D eigenvalue weighted by atomic mass is 16.5. The monoisotopic (exact) mass is 367 g/mol. The number of hydrogen-bond donors (Lipinski definition) is 2. The first-order chi connectivity index (χ1) is 13.1. The van der Waals surface area contributed by atoms with Crippen LogP contribution in [-0.2, 0) is 17.8 Å². The lowest BCUT2D eigenvalue weighted by Gasteiger charge is -2.17. The van der Waals surface area contributed by atoms with Crippen LogP contribution in [0.15, 0.2) is 54.6 Å². The molecule has 0 bridgehead atoms. The highest BCUT2D eigenvalue weighted by molar-refractivity contribution is 5.81. The second-order valence-corrected chi connectivity index (χ2v) is 6.65. The summed E-state index contributed by atoms with van der Waals surface area (Å²) in [6.45, 7) is 1.66. The quantitative estimate of drug-likeness (QED) is 0.789. The number of carbonyl (C=O) groups is 2. The standard InChI is InChI=1S/C21H25N3O3/c1-27-19-9-7-16(8-10-19)11-12-24-15-18(13-20(24)25)23-21(26)22-14-17-5-3-2-4-6-17/h2-10,18H,11-15H2,1H3,(H2,22,23,26). The van der Waals surface area contributed by atoms with Gasteiger partial charge in [0, 0.05) is 26.1 Å². The molecule has 1 heterocycles. The van der Waals surface area contributed by atoms with Crippen LogP contribution >= 0.6 is 0 Å². The van der Waals surface area contributed by atoms with Crippen molar-refractivity contribution < 1.29 is 14.3 Å². The Bertz CT molecular complexity index is 762. The molecule has 0 saturated carbocycles. The van der Waals surface area contributed by atoms with Crippen molar-refractivity contribution in [3.63, 3.8) is 0 Å². The van der Waals surface area contributed by atoms with Crippen molar-refractivity contribution in [1.29, 1.82) is 0 Å². The van der Waals surface area contributed by atoms with Gasteiger partial charge in [0.25, 0.3) is 0 Å². The predicted octanol–water partition coefficient (Wildman–Crippen LogP) is 2.34. The van der Waals surface area contributed by atoms with Gasteiger partial charge in [0.05, 0.1) is 13.2 Å². The molecule has 3 amide bonds. The fraction of sp³-hybridized carbons (Fsp3) is 0.333. The number of hydrogen-bond acceptors (Lipinski definition) is 3. The summed E-state index contributed by atoms with van der Waals surface area (Å²) in [5, 5.41) is 5.73. The molecular weight excluding hydrogens is 342 g/mol. The summed E-state index contributed by atoms with van der Waals surface area (Å²) in [6.07, 6.45) is 1.13. The highest BCUT2D eigenvalue weighted by Gasteiger charge is 2.30. The number of methoxy groups -OCH3 is 1. The van der Waals surface area contributed by atoms with Crippen LogP contribution in [0.3, 0.4) is 0 Å².